The second-order valence-corrected chi connectivity index (χ2v) is 7.21. The van der Waals surface area contributed by atoms with Gasteiger partial charge in [0, 0.05) is 12.6 Å². The highest BCUT2D eigenvalue weighted by Crippen LogP contribution is 2.30. The first-order valence-electron chi connectivity index (χ1n) is 6.71. The van der Waals surface area contributed by atoms with Gasteiger partial charge in [0.05, 0.1) is 6.54 Å². The Hall–Kier alpha value is -0.850. The predicted octanol–water partition coefficient (Wildman–Crippen LogP) is 1.76. The van der Waals surface area contributed by atoms with Crippen LogP contribution in [0.25, 0.3) is 0 Å². The molecule has 19 heavy (non-hydrogen) atoms. The van der Waals surface area contributed by atoms with Crippen LogP contribution < -0.4 is 10.5 Å². The molecule has 0 spiro atoms. The van der Waals surface area contributed by atoms with E-state index in [0.717, 1.165) is 12.8 Å². The number of sulfonamides is 1. The van der Waals surface area contributed by atoms with Crippen LogP contribution in [0.3, 0.4) is 0 Å². The third-order valence-corrected chi connectivity index (χ3v) is 5.31. The highest BCUT2D eigenvalue weighted by molar-refractivity contribution is 7.89. The van der Waals surface area contributed by atoms with Gasteiger partial charge >= 0.3 is 0 Å². The van der Waals surface area contributed by atoms with Crippen LogP contribution in [-0.4, -0.2) is 15.0 Å². The van der Waals surface area contributed by atoms with Crippen LogP contribution in [0, 0.1) is 18.8 Å². The molecule has 1 fully saturated rings. The summed E-state index contributed by atoms with van der Waals surface area (Å²) in [5, 5.41) is 0. The van der Waals surface area contributed by atoms with Crippen molar-refractivity contribution in [2.45, 2.75) is 44.6 Å². The fraction of sp³-hybridized carbons (Fsp3) is 0.692. The van der Waals surface area contributed by atoms with Crippen molar-refractivity contribution >= 4 is 10.0 Å². The Labute approximate surface area is 114 Å². The number of nitrogens with one attached hydrogen (secondary N) is 1. The highest BCUT2D eigenvalue weighted by Gasteiger charge is 2.25. The molecule has 0 saturated heterocycles. The van der Waals surface area contributed by atoms with Crippen molar-refractivity contribution in [1.82, 2.24) is 4.72 Å². The molecule has 0 bridgehead atoms. The summed E-state index contributed by atoms with van der Waals surface area (Å²) in [6, 6.07) is 1.51. The average molecular weight is 286 g/mol. The molecule has 108 valence electrons. The molecular weight excluding hydrogens is 264 g/mol. The molecule has 1 aromatic rings. The first kappa shape index (κ1) is 14.6. The topological polar surface area (TPSA) is 85.3 Å². The molecule has 5 nitrogen and oxygen atoms in total. The van der Waals surface area contributed by atoms with Gasteiger partial charge in [-0.05, 0) is 31.6 Å². The van der Waals surface area contributed by atoms with E-state index in [2.05, 4.69) is 11.6 Å². The zero-order chi connectivity index (χ0) is 14.0. The van der Waals surface area contributed by atoms with E-state index in [1.54, 1.807) is 6.92 Å². The van der Waals surface area contributed by atoms with Gasteiger partial charge in [-0.2, -0.15) is 0 Å². The lowest BCUT2D eigenvalue weighted by Gasteiger charge is -2.11. The van der Waals surface area contributed by atoms with E-state index < -0.39 is 10.0 Å². The summed E-state index contributed by atoms with van der Waals surface area (Å²) in [6.45, 7) is 4.57. The van der Waals surface area contributed by atoms with Crippen molar-refractivity contribution in [3.63, 3.8) is 0 Å². The van der Waals surface area contributed by atoms with Crippen LogP contribution in [0.4, 0.5) is 0 Å². The minimum atomic E-state index is -3.48. The van der Waals surface area contributed by atoms with Crippen LogP contribution in [0.15, 0.2) is 15.4 Å². The fourth-order valence-electron chi connectivity index (χ4n) is 2.71. The average Bonchev–Trinajstić information content (AvgIpc) is 2.93. The Morgan fingerprint density at radius 1 is 1.47 bits per heavy atom. The summed E-state index contributed by atoms with van der Waals surface area (Å²) in [6.07, 6.45) is 3.39. The molecule has 3 N–H and O–H groups in total. The van der Waals surface area contributed by atoms with Gasteiger partial charge in [0.15, 0.2) is 0 Å². The number of aryl methyl sites for hydroxylation is 1. The van der Waals surface area contributed by atoms with Gasteiger partial charge in [-0.15, -0.1) is 0 Å². The number of hydrogen-bond acceptors (Lipinski definition) is 4. The Morgan fingerprint density at radius 2 is 2.21 bits per heavy atom. The van der Waals surface area contributed by atoms with Gasteiger partial charge < -0.3 is 10.2 Å². The standard InChI is InChI=1S/C13H22N2O3S/c1-9-3-4-11(5-9)8-15-19(16,17)13-6-12(7-14)18-10(13)2/h6,9,11,15H,3-5,7-8,14H2,1-2H3. The fourth-order valence-corrected chi connectivity index (χ4v) is 4.02. The third-order valence-electron chi connectivity index (χ3n) is 3.78. The van der Waals surface area contributed by atoms with Crippen LogP contribution in [0.1, 0.15) is 37.7 Å². The maximum absolute atomic E-state index is 12.2. The van der Waals surface area contributed by atoms with Gasteiger partial charge in [-0.1, -0.05) is 13.3 Å². The number of nitrogens with two attached hydrogens (primary N) is 1. The van der Waals surface area contributed by atoms with Gasteiger partial charge in [0.2, 0.25) is 10.0 Å². The minimum absolute atomic E-state index is 0.205. The summed E-state index contributed by atoms with van der Waals surface area (Å²) < 4.78 is 32.4. The lowest BCUT2D eigenvalue weighted by Crippen LogP contribution is -2.28. The lowest BCUT2D eigenvalue weighted by atomic mass is 10.1. The van der Waals surface area contributed by atoms with Crippen molar-refractivity contribution < 1.29 is 12.8 Å². The summed E-state index contributed by atoms with van der Waals surface area (Å²) in [5.74, 6) is 2.04. The summed E-state index contributed by atoms with van der Waals surface area (Å²) in [4.78, 5) is 0.207. The van der Waals surface area contributed by atoms with E-state index in [-0.39, 0.29) is 11.4 Å². The lowest BCUT2D eigenvalue weighted by molar-refractivity contribution is 0.476. The third kappa shape index (κ3) is 3.38. The molecule has 2 atom stereocenters. The second kappa shape index (κ2) is 5.64. The summed E-state index contributed by atoms with van der Waals surface area (Å²) >= 11 is 0. The number of hydrogen-bond donors (Lipinski definition) is 2. The van der Waals surface area contributed by atoms with E-state index in [1.807, 2.05) is 0 Å². The molecule has 6 heteroatoms. The van der Waals surface area contributed by atoms with Crippen molar-refractivity contribution in [2.75, 3.05) is 6.54 Å². The van der Waals surface area contributed by atoms with Gasteiger partial charge in [-0.3, -0.25) is 0 Å². The molecule has 0 amide bonds. The molecule has 1 aliphatic rings. The molecule has 1 saturated carbocycles. The maximum Gasteiger partial charge on any atom is 0.244 e. The monoisotopic (exact) mass is 286 g/mol. The Kier molecular flexibility index (Phi) is 4.32. The van der Waals surface area contributed by atoms with Gasteiger partial charge in [0.1, 0.15) is 16.4 Å². The van der Waals surface area contributed by atoms with E-state index in [1.165, 1.54) is 12.5 Å². The predicted molar refractivity (Wildman–Crippen MR) is 73.0 cm³/mol. The van der Waals surface area contributed by atoms with E-state index in [4.69, 9.17) is 10.2 Å². The molecule has 2 unspecified atom stereocenters. The van der Waals surface area contributed by atoms with Gasteiger partial charge in [0.25, 0.3) is 0 Å². The van der Waals surface area contributed by atoms with E-state index in [9.17, 15) is 8.42 Å². The first-order valence-corrected chi connectivity index (χ1v) is 8.19. The van der Waals surface area contributed by atoms with E-state index in [0.29, 0.717) is 29.9 Å². The van der Waals surface area contributed by atoms with E-state index >= 15 is 0 Å². The smallest absolute Gasteiger partial charge is 0.244 e. The quantitative estimate of drug-likeness (QED) is 0.863. The molecule has 2 rings (SSSR count). The molecule has 0 aromatic carbocycles. The van der Waals surface area contributed by atoms with Crippen molar-refractivity contribution in [2.24, 2.45) is 17.6 Å². The molecule has 1 aliphatic carbocycles. The molecule has 1 aromatic heterocycles. The molecule has 1 heterocycles. The minimum Gasteiger partial charge on any atom is -0.464 e. The second-order valence-electron chi connectivity index (χ2n) is 5.47. The SMILES string of the molecule is Cc1oc(CN)cc1S(=O)(=O)NCC1CCC(C)C1. The molecular formula is C13H22N2O3S. The van der Waals surface area contributed by atoms with Crippen molar-refractivity contribution in [1.29, 1.82) is 0 Å². The number of furan rings is 1. The first-order chi connectivity index (χ1) is 8.92. The van der Waals surface area contributed by atoms with Crippen molar-refractivity contribution in [3.05, 3.63) is 17.6 Å². The molecule has 0 radical (unpaired) electrons. The zero-order valence-corrected chi connectivity index (χ0v) is 12.3. The Balaban J connectivity index is 2.03. The zero-order valence-electron chi connectivity index (χ0n) is 11.5. The number of rotatable bonds is 5. The van der Waals surface area contributed by atoms with Gasteiger partial charge in [-0.25, -0.2) is 13.1 Å². The largest absolute Gasteiger partial charge is 0.464 e. The Morgan fingerprint density at radius 3 is 2.74 bits per heavy atom. The van der Waals surface area contributed by atoms with Crippen LogP contribution in [-0.2, 0) is 16.6 Å². The summed E-state index contributed by atoms with van der Waals surface area (Å²) in [5.41, 5.74) is 5.46. The maximum atomic E-state index is 12.2. The summed E-state index contributed by atoms with van der Waals surface area (Å²) in [7, 11) is -3.48. The van der Waals surface area contributed by atoms with Crippen LogP contribution in [0.5, 0.6) is 0 Å². The Bertz CT molecular complexity index is 536. The van der Waals surface area contributed by atoms with Crippen LogP contribution >= 0.6 is 0 Å². The highest BCUT2D eigenvalue weighted by atomic mass is 32.2. The molecule has 0 aliphatic heterocycles. The normalized spacial score (nSPS) is 23.9. The van der Waals surface area contributed by atoms with Crippen LogP contribution in [0.2, 0.25) is 0 Å². The van der Waals surface area contributed by atoms with Crippen molar-refractivity contribution in [3.8, 4) is 0 Å².